The van der Waals surface area contributed by atoms with E-state index in [1.165, 1.54) is 25.0 Å². The van der Waals surface area contributed by atoms with Gasteiger partial charge in [0.15, 0.2) is 0 Å². The van der Waals surface area contributed by atoms with Crippen molar-refractivity contribution in [3.63, 3.8) is 0 Å². The molecular formula is C26H32N4O. The highest BCUT2D eigenvalue weighted by Gasteiger charge is 2.29. The average molecular weight is 417 g/mol. The summed E-state index contributed by atoms with van der Waals surface area (Å²) in [6.45, 7) is 2.66. The number of hydrogen-bond donors (Lipinski definition) is 1. The number of likely N-dealkylation sites (tertiary alicyclic amines) is 1. The van der Waals surface area contributed by atoms with Gasteiger partial charge in [0, 0.05) is 30.9 Å². The van der Waals surface area contributed by atoms with Gasteiger partial charge in [0.1, 0.15) is 5.65 Å². The Bertz CT molecular complexity index is 1020. The third-order valence-corrected chi connectivity index (χ3v) is 6.88. The fourth-order valence-corrected chi connectivity index (χ4v) is 5.22. The molecule has 3 heterocycles. The molecule has 1 unspecified atom stereocenters. The van der Waals surface area contributed by atoms with Crippen LogP contribution in [0.4, 0.5) is 0 Å². The Hall–Kier alpha value is -2.66. The summed E-state index contributed by atoms with van der Waals surface area (Å²) in [5.74, 6) is 0.355. The van der Waals surface area contributed by atoms with Crippen molar-refractivity contribution in [3.05, 3.63) is 60.4 Å². The van der Waals surface area contributed by atoms with E-state index in [0.717, 1.165) is 62.2 Å². The Kier molecular flexibility index (Phi) is 6.03. The number of nitrogens with zero attached hydrogens (tertiary/aromatic N) is 3. The number of imidazole rings is 1. The molecule has 1 amide bonds. The number of benzene rings is 1. The number of carbonyl (C=O) groups excluding carboxylic acids is 1. The van der Waals surface area contributed by atoms with Gasteiger partial charge in [0.05, 0.1) is 17.3 Å². The van der Waals surface area contributed by atoms with E-state index < -0.39 is 0 Å². The first kappa shape index (κ1) is 20.3. The predicted molar refractivity (Wildman–Crippen MR) is 124 cm³/mol. The molecule has 1 aromatic carbocycles. The summed E-state index contributed by atoms with van der Waals surface area (Å²) >= 11 is 0. The summed E-state index contributed by atoms with van der Waals surface area (Å²) in [7, 11) is 0. The van der Waals surface area contributed by atoms with Crippen molar-refractivity contribution in [3.8, 4) is 11.3 Å². The molecule has 5 rings (SSSR count). The maximum Gasteiger partial charge on any atom is 0.224 e. The Morgan fingerprint density at radius 1 is 0.968 bits per heavy atom. The molecule has 2 aliphatic rings. The van der Waals surface area contributed by atoms with Crippen LogP contribution in [0.3, 0.4) is 0 Å². The molecule has 2 fully saturated rings. The number of fused-ring (bicyclic) bond motifs is 1. The van der Waals surface area contributed by atoms with E-state index in [4.69, 9.17) is 4.98 Å². The smallest absolute Gasteiger partial charge is 0.224 e. The number of carbonyl (C=O) groups is 1. The highest BCUT2D eigenvalue weighted by Crippen LogP contribution is 2.28. The van der Waals surface area contributed by atoms with E-state index in [-0.39, 0.29) is 11.8 Å². The van der Waals surface area contributed by atoms with E-state index in [9.17, 15) is 4.79 Å². The van der Waals surface area contributed by atoms with Crippen molar-refractivity contribution in [2.24, 2.45) is 5.92 Å². The zero-order chi connectivity index (χ0) is 21.0. The number of amides is 1. The zero-order valence-corrected chi connectivity index (χ0v) is 18.2. The van der Waals surface area contributed by atoms with Gasteiger partial charge in [-0.2, -0.15) is 0 Å². The summed E-state index contributed by atoms with van der Waals surface area (Å²) in [5.41, 5.74) is 4.36. The van der Waals surface area contributed by atoms with Crippen molar-refractivity contribution in [2.45, 2.75) is 57.5 Å². The number of piperidine rings is 1. The summed E-state index contributed by atoms with van der Waals surface area (Å²) in [6, 6.07) is 17.0. The van der Waals surface area contributed by atoms with E-state index in [1.54, 1.807) is 0 Å². The largest absolute Gasteiger partial charge is 0.353 e. The van der Waals surface area contributed by atoms with Crippen LogP contribution in [0.2, 0.25) is 0 Å². The molecular weight excluding hydrogens is 384 g/mol. The molecule has 162 valence electrons. The number of pyridine rings is 1. The molecule has 3 aromatic rings. The molecule has 0 radical (unpaired) electrons. The lowest BCUT2D eigenvalue weighted by atomic mass is 9.93. The van der Waals surface area contributed by atoms with Crippen LogP contribution in [-0.4, -0.2) is 39.3 Å². The highest BCUT2D eigenvalue weighted by atomic mass is 16.2. The molecule has 1 N–H and O–H groups in total. The minimum absolute atomic E-state index is 0.0926. The van der Waals surface area contributed by atoms with E-state index in [1.807, 2.05) is 12.1 Å². The monoisotopic (exact) mass is 416 g/mol. The third kappa shape index (κ3) is 4.52. The first-order valence-corrected chi connectivity index (χ1v) is 11.8. The van der Waals surface area contributed by atoms with Gasteiger partial charge in [0.2, 0.25) is 5.91 Å². The second-order valence-corrected chi connectivity index (χ2v) is 9.12. The summed E-state index contributed by atoms with van der Waals surface area (Å²) in [6.07, 6.45) is 10.3. The van der Waals surface area contributed by atoms with Crippen LogP contribution in [0.5, 0.6) is 0 Å². The molecule has 5 heteroatoms. The molecule has 1 saturated carbocycles. The molecule has 1 aliphatic carbocycles. The predicted octanol–water partition coefficient (Wildman–Crippen LogP) is 4.66. The summed E-state index contributed by atoms with van der Waals surface area (Å²) in [4.78, 5) is 20.3. The van der Waals surface area contributed by atoms with E-state index in [0.29, 0.717) is 6.04 Å². The average Bonchev–Trinajstić information content (AvgIpc) is 3.19. The normalized spacial score (nSPS) is 20.7. The van der Waals surface area contributed by atoms with Gasteiger partial charge in [0.25, 0.3) is 0 Å². The van der Waals surface area contributed by atoms with Crippen LogP contribution in [0.1, 0.15) is 50.6 Å². The van der Waals surface area contributed by atoms with E-state index >= 15 is 0 Å². The van der Waals surface area contributed by atoms with Crippen molar-refractivity contribution in [1.29, 1.82) is 0 Å². The third-order valence-electron chi connectivity index (χ3n) is 6.88. The van der Waals surface area contributed by atoms with Gasteiger partial charge in [-0.25, -0.2) is 4.98 Å². The number of nitrogens with one attached hydrogen (secondary N) is 1. The standard InChI is InChI=1S/C26H32N4O/c31-26(27-22-13-5-2-6-14-22)21-12-9-16-29(18-21)19-23-25(20-10-3-1-4-11-20)28-24-15-7-8-17-30(23)24/h1,3-4,7-8,10-11,15,17,21-22H,2,5-6,9,12-14,16,18-19H2,(H,27,31). The second kappa shape index (κ2) is 9.23. The highest BCUT2D eigenvalue weighted by molar-refractivity contribution is 5.79. The minimum atomic E-state index is 0.0926. The van der Waals surface area contributed by atoms with Crippen molar-refractivity contribution in [1.82, 2.24) is 19.6 Å². The quantitative estimate of drug-likeness (QED) is 0.658. The zero-order valence-electron chi connectivity index (χ0n) is 18.2. The maximum absolute atomic E-state index is 13.0. The van der Waals surface area contributed by atoms with Gasteiger partial charge in [-0.3, -0.25) is 9.69 Å². The van der Waals surface area contributed by atoms with Crippen LogP contribution in [0.25, 0.3) is 16.9 Å². The van der Waals surface area contributed by atoms with Gasteiger partial charge in [-0.05, 0) is 44.4 Å². The number of rotatable bonds is 5. The maximum atomic E-state index is 13.0. The van der Waals surface area contributed by atoms with Crippen molar-refractivity contribution in [2.75, 3.05) is 13.1 Å². The van der Waals surface area contributed by atoms with Gasteiger partial charge in [-0.1, -0.05) is 55.7 Å². The lowest BCUT2D eigenvalue weighted by molar-refractivity contribution is -0.127. The Morgan fingerprint density at radius 2 is 1.77 bits per heavy atom. The lowest BCUT2D eigenvalue weighted by Crippen LogP contribution is -2.46. The topological polar surface area (TPSA) is 49.6 Å². The molecule has 0 spiro atoms. The molecule has 2 aromatic heterocycles. The Labute approximate surface area is 184 Å². The van der Waals surface area contributed by atoms with Crippen LogP contribution in [-0.2, 0) is 11.3 Å². The first-order chi connectivity index (χ1) is 15.3. The summed E-state index contributed by atoms with van der Waals surface area (Å²) < 4.78 is 2.20. The molecule has 1 aliphatic heterocycles. The fourth-order valence-electron chi connectivity index (χ4n) is 5.22. The minimum Gasteiger partial charge on any atom is -0.353 e. The van der Waals surface area contributed by atoms with Crippen molar-refractivity contribution < 1.29 is 4.79 Å². The lowest BCUT2D eigenvalue weighted by Gasteiger charge is -2.33. The summed E-state index contributed by atoms with van der Waals surface area (Å²) in [5, 5.41) is 3.35. The molecule has 1 saturated heterocycles. The molecule has 5 nitrogen and oxygen atoms in total. The Morgan fingerprint density at radius 3 is 2.61 bits per heavy atom. The fraction of sp³-hybridized carbons (Fsp3) is 0.462. The number of hydrogen-bond acceptors (Lipinski definition) is 3. The Balaban J connectivity index is 1.34. The first-order valence-electron chi connectivity index (χ1n) is 11.8. The second-order valence-electron chi connectivity index (χ2n) is 9.12. The molecule has 0 bridgehead atoms. The van der Waals surface area contributed by atoms with Crippen molar-refractivity contribution >= 4 is 11.6 Å². The van der Waals surface area contributed by atoms with Gasteiger partial charge in [-0.15, -0.1) is 0 Å². The van der Waals surface area contributed by atoms with Crippen LogP contribution < -0.4 is 5.32 Å². The van der Waals surface area contributed by atoms with Crippen LogP contribution in [0.15, 0.2) is 54.7 Å². The SMILES string of the molecule is O=C(NC1CCCCC1)C1CCCN(Cc2c(-c3ccccc3)nc3ccccn23)C1. The van der Waals surface area contributed by atoms with Gasteiger partial charge < -0.3 is 9.72 Å². The van der Waals surface area contributed by atoms with Crippen LogP contribution >= 0.6 is 0 Å². The molecule has 1 atom stereocenters. The number of aromatic nitrogens is 2. The van der Waals surface area contributed by atoms with Crippen LogP contribution in [0, 0.1) is 5.92 Å². The molecule has 31 heavy (non-hydrogen) atoms. The van der Waals surface area contributed by atoms with Gasteiger partial charge >= 0.3 is 0 Å². The van der Waals surface area contributed by atoms with E-state index in [2.05, 4.69) is 57.2 Å².